The first-order valence-corrected chi connectivity index (χ1v) is 11.8. The van der Waals surface area contributed by atoms with Crippen molar-refractivity contribution < 1.29 is 22.3 Å². The fraction of sp³-hybridized carbons (Fsp3) is 0.261. The molecular weight excluding hydrogens is 513 g/mol. The number of allylic oxidation sites excluding steroid dienone is 1. The third kappa shape index (κ3) is 5.22. The summed E-state index contributed by atoms with van der Waals surface area (Å²) < 4.78 is 56.2. The van der Waals surface area contributed by atoms with Crippen molar-refractivity contribution in [1.82, 2.24) is 10.4 Å². The average molecular weight is 532 g/mol. The van der Waals surface area contributed by atoms with Crippen LogP contribution in [0, 0.1) is 5.82 Å². The summed E-state index contributed by atoms with van der Waals surface area (Å²) in [5.74, 6) is -0.448. The monoisotopic (exact) mass is 531 g/mol. The molecule has 2 aromatic rings. The van der Waals surface area contributed by atoms with E-state index in [2.05, 4.69) is 15.2 Å². The Morgan fingerprint density at radius 1 is 1.18 bits per heavy atom. The molecule has 1 atom stereocenters. The van der Waals surface area contributed by atoms with Crippen molar-refractivity contribution in [2.75, 3.05) is 6.54 Å². The highest BCUT2D eigenvalue weighted by Crippen LogP contribution is 2.48. The number of hydrogen-bond acceptors (Lipinski definition) is 5. The van der Waals surface area contributed by atoms with Crippen molar-refractivity contribution in [3.63, 3.8) is 0 Å². The molecule has 0 amide bonds. The Morgan fingerprint density at radius 2 is 1.88 bits per heavy atom. The first kappa shape index (κ1) is 24.9. The van der Waals surface area contributed by atoms with Crippen molar-refractivity contribution >= 4 is 45.7 Å². The molecule has 0 radical (unpaired) electrons. The number of aliphatic imine (C=N–C) groups is 1. The maximum absolute atomic E-state index is 14.5. The Labute approximate surface area is 208 Å². The van der Waals surface area contributed by atoms with Gasteiger partial charge >= 0.3 is 6.36 Å². The summed E-state index contributed by atoms with van der Waals surface area (Å²) in [4.78, 5) is 5.54. The number of halogens is 6. The highest BCUT2D eigenvalue weighted by Gasteiger charge is 2.35. The second-order valence-corrected chi connectivity index (χ2v) is 9.64. The number of nitrogens with one attached hydrogen (secondary N) is 1. The fourth-order valence-electron chi connectivity index (χ4n) is 3.76. The van der Waals surface area contributed by atoms with Crippen molar-refractivity contribution in [2.45, 2.75) is 32.8 Å². The van der Waals surface area contributed by atoms with Gasteiger partial charge in [-0.2, -0.15) is 5.01 Å². The normalized spacial score (nSPS) is 19.4. The van der Waals surface area contributed by atoms with Crippen LogP contribution in [0.2, 0.25) is 5.02 Å². The highest BCUT2D eigenvalue weighted by molar-refractivity contribution is 8.13. The van der Waals surface area contributed by atoms with Gasteiger partial charge in [0.1, 0.15) is 23.6 Å². The van der Waals surface area contributed by atoms with Gasteiger partial charge in [-0.25, -0.2) is 9.38 Å². The summed E-state index contributed by atoms with van der Waals surface area (Å²) in [5, 5.41) is 2.09. The molecule has 2 heterocycles. The van der Waals surface area contributed by atoms with Crippen LogP contribution in [0.3, 0.4) is 0 Å². The molecule has 0 bridgehead atoms. The van der Waals surface area contributed by atoms with Gasteiger partial charge in [-0.15, -0.1) is 13.2 Å². The topological polar surface area (TPSA) is 36.9 Å². The van der Waals surface area contributed by atoms with Crippen LogP contribution in [0.5, 0.6) is 5.75 Å². The standard InChI is InChI=1S/C23H19Cl2F4N3OS/c1-3-32-22(30-21(31-32)18-16(24)5-4-6-17(18)26)15-11-12(2)19(34-20(15)25)13-7-9-14(10-8-13)33-23(27,28)29/h4-10,22H,3,11H2,1-2H3,(H,30,31). The van der Waals surface area contributed by atoms with E-state index in [-0.39, 0.29) is 16.3 Å². The molecule has 0 saturated heterocycles. The first-order valence-electron chi connectivity index (χ1n) is 10.2. The molecule has 0 aromatic heterocycles. The van der Waals surface area contributed by atoms with Crippen LogP contribution in [0.4, 0.5) is 17.6 Å². The number of benzene rings is 2. The highest BCUT2D eigenvalue weighted by atomic mass is 35.5. The number of ether oxygens (including phenoxy) is 1. The van der Waals surface area contributed by atoms with Crippen molar-refractivity contribution in [2.24, 2.45) is 4.99 Å². The summed E-state index contributed by atoms with van der Waals surface area (Å²) in [6, 6.07) is 10.1. The second kappa shape index (κ2) is 9.81. The quantitative estimate of drug-likeness (QED) is 0.410. The summed E-state index contributed by atoms with van der Waals surface area (Å²) in [7, 11) is 0. The smallest absolute Gasteiger partial charge is 0.406 e. The Hall–Kier alpha value is -2.20. The lowest BCUT2D eigenvalue weighted by molar-refractivity contribution is -0.274. The van der Waals surface area contributed by atoms with E-state index in [1.54, 1.807) is 18.2 Å². The molecule has 0 aliphatic carbocycles. The van der Waals surface area contributed by atoms with Crippen LogP contribution in [0.25, 0.3) is 4.91 Å². The van der Waals surface area contributed by atoms with E-state index in [0.717, 1.165) is 21.6 Å². The average Bonchev–Trinajstić information content (AvgIpc) is 3.18. The lowest BCUT2D eigenvalue weighted by Crippen LogP contribution is -2.42. The summed E-state index contributed by atoms with van der Waals surface area (Å²) in [5.41, 5.74) is 5.87. The van der Waals surface area contributed by atoms with E-state index in [9.17, 15) is 17.6 Å². The molecule has 4 rings (SSSR count). The van der Waals surface area contributed by atoms with Crippen LogP contribution in [-0.2, 0) is 0 Å². The number of nitrogens with zero attached hydrogens (tertiary/aromatic N) is 2. The molecular formula is C23H19Cl2F4N3OS. The van der Waals surface area contributed by atoms with Crippen LogP contribution >= 0.6 is 35.0 Å². The van der Waals surface area contributed by atoms with Crippen molar-refractivity contribution in [1.29, 1.82) is 0 Å². The predicted octanol–water partition coefficient (Wildman–Crippen LogP) is 7.31. The minimum Gasteiger partial charge on any atom is -0.406 e. The number of amidine groups is 1. The molecule has 1 N–H and O–H groups in total. The molecule has 11 heteroatoms. The summed E-state index contributed by atoms with van der Waals surface area (Å²) in [6.07, 6.45) is -4.72. The van der Waals surface area contributed by atoms with Crippen molar-refractivity contribution in [3.05, 3.63) is 79.9 Å². The van der Waals surface area contributed by atoms with Gasteiger partial charge in [0.15, 0.2) is 0 Å². The van der Waals surface area contributed by atoms with E-state index in [1.807, 2.05) is 18.9 Å². The maximum atomic E-state index is 14.5. The van der Waals surface area contributed by atoms with Gasteiger partial charge in [0.05, 0.1) is 15.0 Å². The van der Waals surface area contributed by atoms with Gasteiger partial charge in [0, 0.05) is 11.4 Å². The van der Waals surface area contributed by atoms with Crippen LogP contribution in [0.15, 0.2) is 63.0 Å². The number of hydrogen-bond donors (Lipinski definition) is 1. The van der Waals surface area contributed by atoms with Gasteiger partial charge in [-0.1, -0.05) is 65.7 Å². The zero-order valence-corrected chi connectivity index (χ0v) is 20.3. The van der Waals surface area contributed by atoms with E-state index in [4.69, 9.17) is 23.2 Å². The molecule has 2 aromatic carbocycles. The molecule has 2 aliphatic rings. The number of likely N-dealkylation sites (N-methyl/N-ethyl adjacent to an activating group) is 1. The van der Waals surface area contributed by atoms with Crippen LogP contribution < -0.4 is 10.2 Å². The second-order valence-electron chi connectivity index (χ2n) is 7.61. The Morgan fingerprint density at radius 3 is 2.50 bits per heavy atom. The molecule has 34 heavy (non-hydrogen) atoms. The molecule has 0 fully saturated rings. The Balaban J connectivity index is 1.59. The fourth-order valence-corrected chi connectivity index (χ4v) is 5.40. The maximum Gasteiger partial charge on any atom is 0.573 e. The SMILES string of the molecule is CCN1NC(c2c(F)cccc2Cl)=NC1C1=C(Cl)SC(c2ccc(OC(F)(F)F)cc2)=C(C)C1. The van der Waals surface area contributed by atoms with E-state index >= 15 is 0 Å². The number of hydrazine groups is 1. The molecule has 0 saturated carbocycles. The van der Waals surface area contributed by atoms with Crippen LogP contribution in [0.1, 0.15) is 31.4 Å². The Kier molecular flexibility index (Phi) is 7.19. The third-order valence-electron chi connectivity index (χ3n) is 5.29. The molecule has 2 aliphatic heterocycles. The first-order chi connectivity index (χ1) is 16.1. The van der Waals surface area contributed by atoms with E-state index in [0.29, 0.717) is 23.2 Å². The molecule has 0 spiro atoms. The van der Waals surface area contributed by atoms with Gasteiger partial charge < -0.3 is 10.2 Å². The van der Waals surface area contributed by atoms with Crippen LogP contribution in [-0.4, -0.2) is 29.9 Å². The van der Waals surface area contributed by atoms with Crippen molar-refractivity contribution in [3.8, 4) is 5.75 Å². The van der Waals surface area contributed by atoms with Gasteiger partial charge in [0.25, 0.3) is 0 Å². The Bertz CT molecular complexity index is 1180. The lowest BCUT2D eigenvalue weighted by Gasteiger charge is -2.28. The van der Waals surface area contributed by atoms with E-state index in [1.165, 1.54) is 36.0 Å². The van der Waals surface area contributed by atoms with Gasteiger partial charge in [-0.3, -0.25) is 0 Å². The predicted molar refractivity (Wildman–Crippen MR) is 128 cm³/mol. The molecule has 1 unspecified atom stereocenters. The van der Waals surface area contributed by atoms with E-state index < -0.39 is 18.3 Å². The minimum atomic E-state index is -4.75. The molecule has 4 nitrogen and oxygen atoms in total. The minimum absolute atomic E-state index is 0.194. The summed E-state index contributed by atoms with van der Waals surface area (Å²) >= 11 is 14.2. The third-order valence-corrected chi connectivity index (χ3v) is 7.30. The molecule has 180 valence electrons. The van der Waals surface area contributed by atoms with Gasteiger partial charge in [0.2, 0.25) is 0 Å². The zero-order chi connectivity index (χ0) is 24.6. The zero-order valence-electron chi connectivity index (χ0n) is 18.0. The lowest BCUT2D eigenvalue weighted by atomic mass is 10.0. The van der Waals surface area contributed by atoms with Gasteiger partial charge in [-0.05, 0) is 48.7 Å². The summed E-state index contributed by atoms with van der Waals surface area (Å²) in [6.45, 7) is 4.44. The number of thioether (sulfide) groups is 1. The largest absolute Gasteiger partial charge is 0.573 e. The number of rotatable bonds is 5. The number of alkyl halides is 3.